The Balaban J connectivity index is 3.50. The largest absolute Gasteiger partial charge is 0.417 e. The fraction of sp³-hybridized carbons (Fsp3) is 0.250. The summed E-state index contributed by atoms with van der Waals surface area (Å²) in [6, 6.07) is 1.90. The molecule has 0 atom stereocenters. The summed E-state index contributed by atoms with van der Waals surface area (Å²) < 4.78 is 36.9. The third kappa shape index (κ3) is 2.54. The van der Waals surface area contributed by atoms with Gasteiger partial charge < -0.3 is 0 Å². The minimum absolute atomic E-state index is 0.111. The molecule has 1 aromatic rings. The zero-order chi connectivity index (χ0) is 12.5. The molecular weight excluding hydrogens is 359 g/mol. The highest BCUT2D eigenvalue weighted by Crippen LogP contribution is 2.41. The fourth-order valence-corrected chi connectivity index (χ4v) is 2.34. The molecule has 0 aliphatic heterocycles. The molecule has 1 rings (SSSR count). The van der Waals surface area contributed by atoms with Gasteiger partial charge in [0.25, 0.3) is 5.69 Å². The number of benzene rings is 1. The smallest absolute Gasteiger partial charge is 0.258 e. The molecule has 0 bridgehead atoms. The summed E-state index contributed by atoms with van der Waals surface area (Å²) in [5.74, 6) is 0. The lowest BCUT2D eigenvalue weighted by Gasteiger charge is -2.10. The van der Waals surface area contributed by atoms with E-state index < -0.39 is 26.8 Å². The zero-order valence-corrected chi connectivity index (χ0v) is 10.7. The van der Waals surface area contributed by atoms with Gasteiger partial charge in [-0.25, -0.2) is 0 Å². The van der Waals surface area contributed by atoms with Gasteiger partial charge in [-0.1, -0.05) is 22.0 Å². The second kappa shape index (κ2) is 4.70. The predicted molar refractivity (Wildman–Crippen MR) is 58.4 cm³/mol. The van der Waals surface area contributed by atoms with Crippen molar-refractivity contribution >= 4 is 37.5 Å². The van der Waals surface area contributed by atoms with E-state index in [-0.39, 0.29) is 10.9 Å². The van der Waals surface area contributed by atoms with E-state index in [0.717, 1.165) is 12.1 Å². The van der Waals surface area contributed by atoms with Crippen LogP contribution in [0.25, 0.3) is 0 Å². The Bertz CT molecular complexity index is 434. The second-order valence-electron chi connectivity index (χ2n) is 2.82. The number of nitro benzene ring substituents is 1. The highest BCUT2D eigenvalue weighted by Gasteiger charge is 2.36. The highest BCUT2D eigenvalue weighted by atomic mass is 79.9. The molecule has 16 heavy (non-hydrogen) atoms. The molecule has 3 nitrogen and oxygen atoms in total. The molecule has 0 fully saturated rings. The lowest BCUT2D eigenvalue weighted by molar-refractivity contribution is -0.386. The van der Waals surface area contributed by atoms with Gasteiger partial charge in [-0.05, 0) is 22.0 Å². The topological polar surface area (TPSA) is 43.1 Å². The number of hydrogen-bond donors (Lipinski definition) is 0. The lowest BCUT2D eigenvalue weighted by atomic mass is 10.1. The van der Waals surface area contributed by atoms with Crippen LogP contribution in [0.5, 0.6) is 0 Å². The molecule has 8 heteroatoms. The van der Waals surface area contributed by atoms with Crippen LogP contribution in [-0.4, -0.2) is 4.92 Å². The van der Waals surface area contributed by atoms with Crippen molar-refractivity contribution in [3.05, 3.63) is 37.8 Å². The first-order valence-electron chi connectivity index (χ1n) is 3.88. The van der Waals surface area contributed by atoms with Gasteiger partial charge >= 0.3 is 6.18 Å². The van der Waals surface area contributed by atoms with Crippen molar-refractivity contribution in [3.63, 3.8) is 0 Å². The van der Waals surface area contributed by atoms with Crippen molar-refractivity contribution in [2.24, 2.45) is 0 Å². The van der Waals surface area contributed by atoms with Crippen LogP contribution in [0.1, 0.15) is 11.1 Å². The lowest BCUT2D eigenvalue weighted by Crippen LogP contribution is -2.08. The van der Waals surface area contributed by atoms with Crippen LogP contribution in [0.2, 0.25) is 0 Å². The standard InChI is InChI=1S/C8H4Br2F3NO2/c9-3-4-1-2-5(8(11,12)13)6(10)7(4)14(15)16/h1-2H,3H2. The molecule has 0 aliphatic carbocycles. The molecule has 0 aromatic heterocycles. The summed E-state index contributed by atoms with van der Waals surface area (Å²) in [4.78, 5) is 9.83. The molecule has 0 aliphatic rings. The van der Waals surface area contributed by atoms with Crippen molar-refractivity contribution in [2.45, 2.75) is 11.5 Å². The van der Waals surface area contributed by atoms with Gasteiger partial charge in [0, 0.05) is 10.9 Å². The van der Waals surface area contributed by atoms with E-state index in [0.29, 0.717) is 0 Å². The third-order valence-corrected chi connectivity index (χ3v) is 3.24. The van der Waals surface area contributed by atoms with Gasteiger partial charge in [0.2, 0.25) is 0 Å². The highest BCUT2D eigenvalue weighted by molar-refractivity contribution is 9.10. The third-order valence-electron chi connectivity index (χ3n) is 1.83. The maximum atomic E-state index is 12.5. The van der Waals surface area contributed by atoms with Crippen LogP contribution in [0.15, 0.2) is 16.6 Å². The molecule has 1 aromatic carbocycles. The van der Waals surface area contributed by atoms with Crippen LogP contribution >= 0.6 is 31.9 Å². The molecule has 0 saturated carbocycles. The summed E-state index contributed by atoms with van der Waals surface area (Å²) in [7, 11) is 0. The van der Waals surface area contributed by atoms with Crippen LogP contribution in [0.4, 0.5) is 18.9 Å². The number of alkyl halides is 4. The number of nitrogens with zero attached hydrogens (tertiary/aromatic N) is 1. The van der Waals surface area contributed by atoms with Crippen LogP contribution in [-0.2, 0) is 11.5 Å². The molecule has 0 heterocycles. The van der Waals surface area contributed by atoms with Crippen molar-refractivity contribution in [1.82, 2.24) is 0 Å². The van der Waals surface area contributed by atoms with Gasteiger partial charge in [-0.15, -0.1) is 0 Å². The molecular formula is C8H4Br2F3NO2. The second-order valence-corrected chi connectivity index (χ2v) is 4.18. The minimum atomic E-state index is -4.62. The van der Waals surface area contributed by atoms with Crippen molar-refractivity contribution in [3.8, 4) is 0 Å². The van der Waals surface area contributed by atoms with Crippen molar-refractivity contribution < 1.29 is 18.1 Å². The summed E-state index contributed by atoms with van der Waals surface area (Å²) in [6.45, 7) is 0. The number of nitro groups is 1. The Morgan fingerprint density at radius 2 is 1.94 bits per heavy atom. The van der Waals surface area contributed by atoms with Gasteiger partial charge in [-0.3, -0.25) is 10.1 Å². The molecule has 0 spiro atoms. The number of halogens is 5. The van der Waals surface area contributed by atoms with Crippen LogP contribution in [0, 0.1) is 10.1 Å². The van der Waals surface area contributed by atoms with E-state index in [4.69, 9.17) is 0 Å². The number of rotatable bonds is 2. The normalized spacial score (nSPS) is 11.6. The zero-order valence-electron chi connectivity index (χ0n) is 7.52. The van der Waals surface area contributed by atoms with Gasteiger partial charge in [0.15, 0.2) is 0 Å². The van der Waals surface area contributed by atoms with E-state index >= 15 is 0 Å². The van der Waals surface area contributed by atoms with Gasteiger partial charge in [0.1, 0.15) is 4.47 Å². The minimum Gasteiger partial charge on any atom is -0.258 e. The first kappa shape index (κ1) is 13.4. The molecule has 0 N–H and O–H groups in total. The molecule has 0 unspecified atom stereocenters. The average Bonchev–Trinajstić information content (AvgIpc) is 2.14. The predicted octanol–water partition coefficient (Wildman–Crippen LogP) is 4.27. The van der Waals surface area contributed by atoms with Crippen molar-refractivity contribution in [2.75, 3.05) is 0 Å². The fourth-order valence-electron chi connectivity index (χ4n) is 1.13. The Kier molecular flexibility index (Phi) is 3.95. The SMILES string of the molecule is O=[N+]([O-])c1c(CBr)ccc(C(F)(F)F)c1Br. The first-order valence-corrected chi connectivity index (χ1v) is 5.79. The molecule has 0 radical (unpaired) electrons. The summed E-state index contributed by atoms with van der Waals surface area (Å²) in [5.41, 5.74) is -1.43. The summed E-state index contributed by atoms with van der Waals surface area (Å²) in [5, 5.41) is 10.8. The van der Waals surface area contributed by atoms with Crippen LogP contribution in [0.3, 0.4) is 0 Å². The maximum absolute atomic E-state index is 12.5. The maximum Gasteiger partial charge on any atom is 0.417 e. The van der Waals surface area contributed by atoms with Crippen LogP contribution < -0.4 is 0 Å². The van der Waals surface area contributed by atoms with Crippen molar-refractivity contribution in [1.29, 1.82) is 0 Å². The van der Waals surface area contributed by atoms with Gasteiger partial charge in [0.05, 0.1) is 10.5 Å². The van der Waals surface area contributed by atoms with E-state index in [9.17, 15) is 23.3 Å². The van der Waals surface area contributed by atoms with E-state index in [1.807, 2.05) is 0 Å². The Hall–Kier alpha value is -0.630. The van der Waals surface area contributed by atoms with Gasteiger partial charge in [-0.2, -0.15) is 13.2 Å². The summed E-state index contributed by atoms with van der Waals surface area (Å²) in [6.07, 6.45) is -4.62. The Labute approximate surface area is 105 Å². The van der Waals surface area contributed by atoms with E-state index in [1.165, 1.54) is 0 Å². The number of hydrogen-bond acceptors (Lipinski definition) is 2. The molecule has 0 saturated heterocycles. The first-order chi connectivity index (χ1) is 7.29. The summed E-state index contributed by atoms with van der Waals surface area (Å²) >= 11 is 5.61. The average molecular weight is 363 g/mol. The Morgan fingerprint density at radius 3 is 2.31 bits per heavy atom. The molecule has 0 amide bonds. The Morgan fingerprint density at radius 1 is 1.38 bits per heavy atom. The monoisotopic (exact) mass is 361 g/mol. The van der Waals surface area contributed by atoms with E-state index in [1.54, 1.807) is 0 Å². The quantitative estimate of drug-likeness (QED) is 0.448. The van der Waals surface area contributed by atoms with E-state index in [2.05, 4.69) is 31.9 Å². The molecule has 88 valence electrons.